The Bertz CT molecular complexity index is 561. The molecule has 0 saturated carbocycles. The smallest absolute Gasteiger partial charge is 0.242 e. The van der Waals surface area contributed by atoms with Crippen molar-refractivity contribution in [1.82, 2.24) is 5.32 Å². The molecule has 1 unspecified atom stereocenters. The van der Waals surface area contributed by atoms with Crippen molar-refractivity contribution in [3.8, 4) is 5.75 Å². The summed E-state index contributed by atoms with van der Waals surface area (Å²) in [4.78, 5) is 11.9. The van der Waals surface area contributed by atoms with Gasteiger partial charge in [-0.2, -0.15) is 0 Å². The van der Waals surface area contributed by atoms with E-state index < -0.39 is 0 Å². The fourth-order valence-electron chi connectivity index (χ4n) is 2.21. The number of allylic oxidation sites excluding steroid dienone is 2. The number of nitrogens with one attached hydrogen (secondary N) is 1. The van der Waals surface area contributed by atoms with Gasteiger partial charge in [0.05, 0.1) is 5.03 Å². The van der Waals surface area contributed by atoms with Crippen LogP contribution in [0.3, 0.4) is 0 Å². The van der Waals surface area contributed by atoms with Crippen LogP contribution >= 0.6 is 11.8 Å². The zero-order chi connectivity index (χ0) is 14.7. The van der Waals surface area contributed by atoms with Crippen LogP contribution in [0.25, 0.3) is 0 Å². The number of hydrogen-bond donors (Lipinski definition) is 2. The Balaban J connectivity index is 2.47. The van der Waals surface area contributed by atoms with E-state index in [1.54, 1.807) is 12.2 Å². The molecule has 3 nitrogen and oxygen atoms in total. The summed E-state index contributed by atoms with van der Waals surface area (Å²) in [6.45, 7) is 11.2. The van der Waals surface area contributed by atoms with E-state index in [9.17, 15) is 9.90 Å². The molecule has 2 N–H and O–H groups in total. The second-order valence-electron chi connectivity index (χ2n) is 4.58. The second-order valence-corrected chi connectivity index (χ2v) is 5.78. The number of thioether (sulfide) groups is 1. The summed E-state index contributed by atoms with van der Waals surface area (Å²) in [6.07, 6.45) is 4.59. The van der Waals surface area contributed by atoms with Gasteiger partial charge in [-0.1, -0.05) is 42.6 Å². The maximum absolute atomic E-state index is 11.9. The number of hydrogen-bond acceptors (Lipinski definition) is 3. The summed E-state index contributed by atoms with van der Waals surface area (Å²) in [5.41, 5.74) is 2.43. The zero-order valence-electron chi connectivity index (χ0n) is 11.2. The Kier molecular flexibility index (Phi) is 4.35. The minimum Gasteiger partial charge on any atom is -0.507 e. The van der Waals surface area contributed by atoms with Crippen molar-refractivity contribution in [3.63, 3.8) is 0 Å². The van der Waals surface area contributed by atoms with Crippen LogP contribution in [0.2, 0.25) is 0 Å². The lowest BCUT2D eigenvalue weighted by Crippen LogP contribution is -2.17. The quantitative estimate of drug-likeness (QED) is 0.817. The Morgan fingerprint density at radius 3 is 2.20 bits per heavy atom. The van der Waals surface area contributed by atoms with Gasteiger partial charge < -0.3 is 10.4 Å². The van der Waals surface area contributed by atoms with Crippen molar-refractivity contribution in [3.05, 3.63) is 65.7 Å². The molecule has 0 bridgehead atoms. The monoisotopic (exact) mass is 287 g/mol. The molecule has 1 heterocycles. The van der Waals surface area contributed by atoms with Gasteiger partial charge in [0.25, 0.3) is 0 Å². The molecule has 1 aromatic rings. The third-order valence-electron chi connectivity index (χ3n) is 3.08. The van der Waals surface area contributed by atoms with E-state index in [2.05, 4.69) is 25.1 Å². The Morgan fingerprint density at radius 1 is 1.25 bits per heavy atom. The van der Waals surface area contributed by atoms with Crippen LogP contribution in [-0.2, 0) is 17.6 Å². The van der Waals surface area contributed by atoms with Crippen LogP contribution in [0.4, 0.5) is 0 Å². The van der Waals surface area contributed by atoms with Gasteiger partial charge in [0.2, 0.25) is 5.91 Å². The van der Waals surface area contributed by atoms with E-state index in [4.69, 9.17) is 0 Å². The van der Waals surface area contributed by atoms with Crippen LogP contribution in [0.1, 0.15) is 21.9 Å². The molecule has 1 atom stereocenters. The van der Waals surface area contributed by atoms with Crippen LogP contribution in [0.15, 0.2) is 49.1 Å². The predicted octanol–water partition coefficient (Wildman–Crippen LogP) is 3.22. The Labute approximate surface area is 123 Å². The molecule has 1 amide bonds. The third kappa shape index (κ3) is 2.80. The maximum Gasteiger partial charge on any atom is 0.242 e. The molecule has 20 heavy (non-hydrogen) atoms. The van der Waals surface area contributed by atoms with Gasteiger partial charge in [-0.05, 0) is 29.5 Å². The van der Waals surface area contributed by atoms with Crippen LogP contribution < -0.4 is 5.32 Å². The molecule has 1 aliphatic rings. The topological polar surface area (TPSA) is 49.3 Å². The van der Waals surface area contributed by atoms with Gasteiger partial charge in [-0.25, -0.2) is 0 Å². The van der Waals surface area contributed by atoms with Crippen molar-refractivity contribution in [2.75, 3.05) is 0 Å². The maximum atomic E-state index is 11.9. The fourth-order valence-corrected chi connectivity index (χ4v) is 3.09. The highest BCUT2D eigenvalue weighted by Gasteiger charge is 2.30. The van der Waals surface area contributed by atoms with E-state index in [1.807, 2.05) is 12.1 Å². The molecule has 1 saturated heterocycles. The SMILES string of the molecule is C=CCc1cc(C2SC(=C)NC2=O)cc(CC=C)c1O. The van der Waals surface area contributed by atoms with Crippen molar-refractivity contribution >= 4 is 17.7 Å². The summed E-state index contributed by atoms with van der Waals surface area (Å²) in [5, 5.41) is 13.3. The van der Waals surface area contributed by atoms with Gasteiger partial charge in [0.1, 0.15) is 11.0 Å². The van der Waals surface area contributed by atoms with Crippen LogP contribution in [0, 0.1) is 0 Å². The van der Waals surface area contributed by atoms with Gasteiger partial charge in [0.15, 0.2) is 0 Å². The summed E-state index contributed by atoms with van der Waals surface area (Å²) in [6, 6.07) is 3.72. The molecule has 0 spiro atoms. The summed E-state index contributed by atoms with van der Waals surface area (Å²) >= 11 is 1.40. The zero-order valence-corrected chi connectivity index (χ0v) is 12.0. The minimum absolute atomic E-state index is 0.0696. The van der Waals surface area contributed by atoms with E-state index >= 15 is 0 Å². The molecule has 2 rings (SSSR count). The Hall–Kier alpha value is -1.94. The highest BCUT2D eigenvalue weighted by atomic mass is 32.2. The van der Waals surface area contributed by atoms with Gasteiger partial charge in [-0.3, -0.25) is 4.79 Å². The number of benzene rings is 1. The summed E-state index contributed by atoms with van der Waals surface area (Å²) in [5.74, 6) is 0.190. The van der Waals surface area contributed by atoms with E-state index in [0.717, 1.165) is 16.7 Å². The summed E-state index contributed by atoms with van der Waals surface area (Å²) < 4.78 is 0. The number of phenols is 1. The van der Waals surface area contributed by atoms with Crippen LogP contribution in [0.5, 0.6) is 5.75 Å². The highest BCUT2D eigenvalue weighted by Crippen LogP contribution is 2.40. The van der Waals surface area contributed by atoms with E-state index in [1.165, 1.54) is 11.8 Å². The summed E-state index contributed by atoms with van der Waals surface area (Å²) in [7, 11) is 0. The van der Waals surface area contributed by atoms with Crippen LogP contribution in [-0.4, -0.2) is 11.0 Å². The highest BCUT2D eigenvalue weighted by molar-refractivity contribution is 8.04. The van der Waals surface area contributed by atoms with E-state index in [0.29, 0.717) is 17.9 Å². The first-order valence-corrected chi connectivity index (χ1v) is 7.17. The predicted molar refractivity (Wildman–Crippen MR) is 83.5 cm³/mol. The standard InChI is InChI=1S/C16H17NO2S/c1-4-6-11-8-13(9-12(7-5-2)14(11)18)15-16(19)17-10(3)20-15/h4-5,8-9,15,18H,1-3,6-7H2,(H,17,19). The lowest BCUT2D eigenvalue weighted by atomic mass is 9.98. The molecule has 0 aliphatic carbocycles. The number of amides is 1. The molecule has 104 valence electrons. The first-order valence-electron chi connectivity index (χ1n) is 6.29. The van der Waals surface area contributed by atoms with Crippen molar-refractivity contribution in [2.45, 2.75) is 18.1 Å². The van der Waals surface area contributed by atoms with Crippen molar-refractivity contribution in [1.29, 1.82) is 0 Å². The lowest BCUT2D eigenvalue weighted by molar-refractivity contribution is -0.119. The number of phenolic OH excluding ortho intramolecular Hbond substituents is 1. The number of aromatic hydroxyl groups is 1. The number of carbonyl (C=O) groups excluding carboxylic acids is 1. The van der Waals surface area contributed by atoms with Crippen molar-refractivity contribution < 1.29 is 9.90 Å². The van der Waals surface area contributed by atoms with Crippen molar-refractivity contribution in [2.24, 2.45) is 0 Å². The number of rotatable bonds is 5. The van der Waals surface area contributed by atoms with Gasteiger partial charge in [0, 0.05) is 0 Å². The molecule has 1 fully saturated rings. The molecule has 4 heteroatoms. The minimum atomic E-state index is -0.310. The normalized spacial score (nSPS) is 17.9. The first kappa shape index (κ1) is 14.5. The molecule has 0 radical (unpaired) electrons. The number of carbonyl (C=O) groups is 1. The Morgan fingerprint density at radius 2 is 1.80 bits per heavy atom. The lowest BCUT2D eigenvalue weighted by Gasteiger charge is -2.13. The average molecular weight is 287 g/mol. The molecular formula is C16H17NO2S. The van der Waals surface area contributed by atoms with Gasteiger partial charge in [-0.15, -0.1) is 13.2 Å². The second kappa shape index (κ2) is 6.01. The molecule has 1 aliphatic heterocycles. The molecule has 0 aromatic heterocycles. The third-order valence-corrected chi connectivity index (χ3v) is 4.19. The van der Waals surface area contributed by atoms with Gasteiger partial charge >= 0.3 is 0 Å². The first-order chi connectivity index (χ1) is 9.56. The fraction of sp³-hybridized carbons (Fsp3) is 0.188. The van der Waals surface area contributed by atoms with E-state index in [-0.39, 0.29) is 16.9 Å². The molecular weight excluding hydrogens is 270 g/mol. The largest absolute Gasteiger partial charge is 0.507 e. The molecule has 1 aromatic carbocycles. The average Bonchev–Trinajstić information content (AvgIpc) is 2.74.